The SMILES string of the molecule is O=c1oc2ccc3ccccc3c2cc1-c1nc(-c2cccs2)cs1. The highest BCUT2D eigenvalue weighted by Crippen LogP contribution is 2.32. The summed E-state index contributed by atoms with van der Waals surface area (Å²) < 4.78 is 5.57. The molecule has 5 rings (SSSR count). The van der Waals surface area contributed by atoms with Crippen molar-refractivity contribution in [3.63, 3.8) is 0 Å². The van der Waals surface area contributed by atoms with Crippen LogP contribution in [0, 0.1) is 0 Å². The third-order valence-electron chi connectivity index (χ3n) is 4.15. The second-order valence-corrected chi connectivity index (χ2v) is 7.47. The Morgan fingerprint density at radius 2 is 1.84 bits per heavy atom. The highest BCUT2D eigenvalue weighted by Gasteiger charge is 2.14. The van der Waals surface area contributed by atoms with E-state index < -0.39 is 0 Å². The highest BCUT2D eigenvalue weighted by atomic mass is 32.1. The molecule has 0 aliphatic carbocycles. The average molecular weight is 361 g/mol. The molecule has 0 fully saturated rings. The smallest absolute Gasteiger partial charge is 0.346 e. The third kappa shape index (κ3) is 2.40. The molecule has 0 saturated carbocycles. The Bertz CT molecular complexity index is 1270. The Kier molecular flexibility index (Phi) is 3.29. The molecule has 0 N–H and O–H groups in total. The van der Waals surface area contributed by atoms with Gasteiger partial charge in [-0.1, -0.05) is 36.4 Å². The van der Waals surface area contributed by atoms with E-state index in [0.29, 0.717) is 16.2 Å². The molecule has 3 nitrogen and oxygen atoms in total. The first-order valence-electron chi connectivity index (χ1n) is 7.75. The molecule has 0 atom stereocenters. The molecule has 0 saturated heterocycles. The van der Waals surface area contributed by atoms with E-state index in [9.17, 15) is 4.79 Å². The van der Waals surface area contributed by atoms with Gasteiger partial charge >= 0.3 is 5.63 Å². The second kappa shape index (κ2) is 5.65. The highest BCUT2D eigenvalue weighted by molar-refractivity contribution is 7.15. The largest absolute Gasteiger partial charge is 0.422 e. The fourth-order valence-corrected chi connectivity index (χ4v) is 4.54. The van der Waals surface area contributed by atoms with Crippen molar-refractivity contribution < 1.29 is 4.42 Å². The fraction of sp³-hybridized carbons (Fsp3) is 0. The number of fused-ring (bicyclic) bond motifs is 3. The summed E-state index contributed by atoms with van der Waals surface area (Å²) in [6, 6.07) is 17.8. The van der Waals surface area contributed by atoms with E-state index in [1.165, 1.54) is 11.3 Å². The summed E-state index contributed by atoms with van der Waals surface area (Å²) >= 11 is 3.10. The van der Waals surface area contributed by atoms with E-state index in [2.05, 4.69) is 11.1 Å². The molecule has 2 aromatic carbocycles. The van der Waals surface area contributed by atoms with E-state index in [-0.39, 0.29) is 5.63 Å². The van der Waals surface area contributed by atoms with Gasteiger partial charge in [0, 0.05) is 10.8 Å². The molecule has 0 radical (unpaired) electrons. The minimum atomic E-state index is -0.352. The van der Waals surface area contributed by atoms with Crippen molar-refractivity contribution in [2.45, 2.75) is 0 Å². The maximum absolute atomic E-state index is 12.5. The van der Waals surface area contributed by atoms with Crippen molar-refractivity contribution >= 4 is 44.4 Å². The van der Waals surface area contributed by atoms with Crippen LogP contribution >= 0.6 is 22.7 Å². The van der Waals surface area contributed by atoms with Crippen LogP contribution in [0.5, 0.6) is 0 Å². The number of thiophene rings is 1. The van der Waals surface area contributed by atoms with Crippen molar-refractivity contribution in [2.75, 3.05) is 0 Å². The zero-order chi connectivity index (χ0) is 16.8. The molecular weight excluding hydrogens is 350 g/mol. The molecular formula is C20H11NO2S2. The summed E-state index contributed by atoms with van der Waals surface area (Å²) in [5.74, 6) is 0. The predicted molar refractivity (Wildman–Crippen MR) is 104 cm³/mol. The number of nitrogens with zero attached hydrogens (tertiary/aromatic N) is 1. The molecule has 3 aromatic heterocycles. The lowest BCUT2D eigenvalue weighted by atomic mass is 10.0. The monoisotopic (exact) mass is 361 g/mol. The molecule has 5 heteroatoms. The molecule has 0 amide bonds. The maximum atomic E-state index is 12.5. The molecule has 25 heavy (non-hydrogen) atoms. The van der Waals surface area contributed by atoms with Crippen LogP contribution in [0.3, 0.4) is 0 Å². The van der Waals surface area contributed by atoms with Crippen molar-refractivity contribution in [2.24, 2.45) is 0 Å². The van der Waals surface area contributed by atoms with Crippen LogP contribution in [-0.2, 0) is 0 Å². The van der Waals surface area contributed by atoms with Gasteiger partial charge in [-0.3, -0.25) is 0 Å². The van der Waals surface area contributed by atoms with Crippen LogP contribution in [0.25, 0.3) is 42.9 Å². The Morgan fingerprint density at radius 3 is 2.72 bits per heavy atom. The summed E-state index contributed by atoms with van der Waals surface area (Å²) in [6.45, 7) is 0. The molecule has 120 valence electrons. The van der Waals surface area contributed by atoms with Gasteiger partial charge in [-0.05, 0) is 34.4 Å². The van der Waals surface area contributed by atoms with Crippen LogP contribution in [0.1, 0.15) is 0 Å². The zero-order valence-electron chi connectivity index (χ0n) is 12.9. The summed E-state index contributed by atoms with van der Waals surface area (Å²) in [4.78, 5) is 18.2. The van der Waals surface area contributed by atoms with Crippen LogP contribution in [-0.4, -0.2) is 4.98 Å². The minimum absolute atomic E-state index is 0.352. The third-order valence-corrected chi connectivity index (χ3v) is 5.92. The molecule has 5 aromatic rings. The van der Waals surface area contributed by atoms with Crippen LogP contribution < -0.4 is 5.63 Å². The molecule has 3 heterocycles. The lowest BCUT2D eigenvalue weighted by Gasteiger charge is -2.04. The first kappa shape index (κ1) is 14.6. The van der Waals surface area contributed by atoms with E-state index in [4.69, 9.17) is 4.42 Å². The fourth-order valence-electron chi connectivity index (χ4n) is 2.96. The molecule has 0 aliphatic heterocycles. The van der Waals surface area contributed by atoms with Crippen molar-refractivity contribution in [1.29, 1.82) is 0 Å². The number of aromatic nitrogens is 1. The number of thiazole rings is 1. The molecule has 0 bridgehead atoms. The van der Waals surface area contributed by atoms with Crippen molar-refractivity contribution in [1.82, 2.24) is 4.98 Å². The van der Waals surface area contributed by atoms with E-state index >= 15 is 0 Å². The normalized spacial score (nSPS) is 11.4. The van der Waals surface area contributed by atoms with Crippen molar-refractivity contribution in [3.8, 4) is 21.1 Å². The number of hydrogen-bond donors (Lipinski definition) is 0. The van der Waals surface area contributed by atoms with Crippen LogP contribution in [0.2, 0.25) is 0 Å². The Hall–Kier alpha value is -2.76. The number of hydrogen-bond acceptors (Lipinski definition) is 5. The topological polar surface area (TPSA) is 43.1 Å². The van der Waals surface area contributed by atoms with Gasteiger partial charge in [0.1, 0.15) is 10.6 Å². The average Bonchev–Trinajstić information content (AvgIpc) is 3.32. The van der Waals surface area contributed by atoms with Gasteiger partial charge in [-0.15, -0.1) is 22.7 Å². The summed E-state index contributed by atoms with van der Waals surface area (Å²) in [6.07, 6.45) is 0. The quantitative estimate of drug-likeness (QED) is 0.295. The lowest BCUT2D eigenvalue weighted by molar-refractivity contribution is 0.564. The standard InChI is InChI=1S/C20H11NO2S2/c22-20-15(19-21-16(11-25-19)18-6-3-9-24-18)10-14-13-5-2-1-4-12(13)7-8-17(14)23-20/h1-11H. The van der Waals surface area contributed by atoms with Gasteiger partial charge in [-0.2, -0.15) is 0 Å². The maximum Gasteiger partial charge on any atom is 0.346 e. The van der Waals surface area contributed by atoms with Gasteiger partial charge in [0.05, 0.1) is 16.1 Å². The van der Waals surface area contributed by atoms with Gasteiger partial charge < -0.3 is 4.42 Å². The zero-order valence-corrected chi connectivity index (χ0v) is 14.6. The summed E-state index contributed by atoms with van der Waals surface area (Å²) in [5.41, 5.74) is 1.65. The second-order valence-electron chi connectivity index (χ2n) is 5.66. The first-order valence-corrected chi connectivity index (χ1v) is 9.51. The Balaban J connectivity index is 1.75. The van der Waals surface area contributed by atoms with Gasteiger partial charge in [0.15, 0.2) is 0 Å². The first-order chi connectivity index (χ1) is 12.3. The minimum Gasteiger partial charge on any atom is -0.422 e. The Labute approximate surface area is 150 Å². The summed E-state index contributed by atoms with van der Waals surface area (Å²) in [5, 5.41) is 7.81. The van der Waals surface area contributed by atoms with Crippen molar-refractivity contribution in [3.05, 3.63) is 75.8 Å². The van der Waals surface area contributed by atoms with Gasteiger partial charge in [0.25, 0.3) is 0 Å². The molecule has 0 unspecified atom stereocenters. The van der Waals surface area contributed by atoms with Gasteiger partial charge in [-0.25, -0.2) is 9.78 Å². The van der Waals surface area contributed by atoms with E-state index in [1.54, 1.807) is 11.3 Å². The van der Waals surface area contributed by atoms with E-state index in [0.717, 1.165) is 26.7 Å². The number of benzene rings is 2. The lowest BCUT2D eigenvalue weighted by Crippen LogP contribution is -2.02. The van der Waals surface area contributed by atoms with Crippen LogP contribution in [0.15, 0.2) is 74.6 Å². The predicted octanol–water partition coefficient (Wildman–Crippen LogP) is 5.80. The molecule has 0 spiro atoms. The molecule has 0 aliphatic rings. The van der Waals surface area contributed by atoms with Gasteiger partial charge in [0.2, 0.25) is 0 Å². The summed E-state index contributed by atoms with van der Waals surface area (Å²) in [7, 11) is 0. The van der Waals surface area contributed by atoms with E-state index in [1.807, 2.05) is 59.3 Å². The van der Waals surface area contributed by atoms with Crippen LogP contribution in [0.4, 0.5) is 0 Å². The number of rotatable bonds is 2. The Morgan fingerprint density at radius 1 is 0.920 bits per heavy atom.